The van der Waals surface area contributed by atoms with Crippen molar-refractivity contribution < 1.29 is 9.90 Å². The van der Waals surface area contributed by atoms with Gasteiger partial charge in [0.05, 0.1) is 11.0 Å². The SMILES string of the molecule is Cn1c(C(=O)O)nc2c(N3CCC(n4c(=O)[nH]c5ccccc54)CC3)ncnc21. The number of aryl methyl sites for hydroxylation is 1. The Labute approximate surface area is 164 Å². The lowest BCUT2D eigenvalue weighted by atomic mass is 10.0. The summed E-state index contributed by atoms with van der Waals surface area (Å²) < 4.78 is 3.30. The number of fused-ring (bicyclic) bond motifs is 2. The largest absolute Gasteiger partial charge is 0.475 e. The van der Waals surface area contributed by atoms with E-state index in [0.717, 1.165) is 23.9 Å². The smallest absolute Gasteiger partial charge is 0.372 e. The number of H-pyrrole nitrogens is 1. The Hall–Kier alpha value is -3.69. The minimum atomic E-state index is -1.10. The molecule has 0 aliphatic carbocycles. The molecule has 4 heterocycles. The predicted molar refractivity (Wildman–Crippen MR) is 106 cm³/mol. The number of nitrogens with one attached hydrogen (secondary N) is 1. The van der Waals surface area contributed by atoms with Crippen molar-refractivity contribution in [2.24, 2.45) is 7.05 Å². The van der Waals surface area contributed by atoms with E-state index in [1.165, 1.54) is 10.9 Å². The van der Waals surface area contributed by atoms with Crippen LogP contribution in [0.3, 0.4) is 0 Å². The topological polar surface area (TPSA) is 122 Å². The minimum absolute atomic E-state index is 0.0676. The molecule has 148 valence electrons. The van der Waals surface area contributed by atoms with Crippen LogP contribution < -0.4 is 10.6 Å². The van der Waals surface area contributed by atoms with Gasteiger partial charge in [-0.05, 0) is 25.0 Å². The number of benzene rings is 1. The molecule has 2 N–H and O–H groups in total. The highest BCUT2D eigenvalue weighted by atomic mass is 16.4. The van der Waals surface area contributed by atoms with Crippen molar-refractivity contribution >= 4 is 34.0 Å². The minimum Gasteiger partial charge on any atom is -0.475 e. The van der Waals surface area contributed by atoms with E-state index in [4.69, 9.17) is 0 Å². The molecule has 0 bridgehead atoms. The fourth-order valence-electron chi connectivity index (χ4n) is 4.18. The van der Waals surface area contributed by atoms with E-state index in [9.17, 15) is 14.7 Å². The van der Waals surface area contributed by atoms with Crippen LogP contribution in [0.15, 0.2) is 35.4 Å². The van der Waals surface area contributed by atoms with E-state index in [1.54, 1.807) is 7.05 Å². The second-order valence-electron chi connectivity index (χ2n) is 7.20. The molecule has 0 atom stereocenters. The first-order valence-corrected chi connectivity index (χ1v) is 9.39. The van der Waals surface area contributed by atoms with Crippen LogP contribution in [0.5, 0.6) is 0 Å². The highest BCUT2D eigenvalue weighted by molar-refractivity contribution is 5.92. The van der Waals surface area contributed by atoms with Crippen molar-refractivity contribution in [2.45, 2.75) is 18.9 Å². The molecule has 0 saturated carbocycles. The van der Waals surface area contributed by atoms with Gasteiger partial charge in [0.25, 0.3) is 0 Å². The molecule has 0 spiro atoms. The Balaban J connectivity index is 1.45. The van der Waals surface area contributed by atoms with Gasteiger partial charge in [0.1, 0.15) is 6.33 Å². The molecule has 0 radical (unpaired) electrons. The fourth-order valence-corrected chi connectivity index (χ4v) is 4.18. The monoisotopic (exact) mass is 393 g/mol. The van der Waals surface area contributed by atoms with Gasteiger partial charge in [-0.15, -0.1) is 0 Å². The fraction of sp³-hybridized carbons (Fsp3) is 0.316. The van der Waals surface area contributed by atoms with Gasteiger partial charge in [-0.25, -0.2) is 24.5 Å². The number of aromatic nitrogens is 6. The van der Waals surface area contributed by atoms with Gasteiger partial charge in [-0.1, -0.05) is 12.1 Å². The van der Waals surface area contributed by atoms with Crippen LogP contribution in [-0.4, -0.2) is 53.2 Å². The van der Waals surface area contributed by atoms with Crippen molar-refractivity contribution in [1.29, 1.82) is 0 Å². The van der Waals surface area contributed by atoms with E-state index in [0.29, 0.717) is 30.1 Å². The van der Waals surface area contributed by atoms with E-state index in [-0.39, 0.29) is 17.6 Å². The molecular formula is C19H19N7O3. The predicted octanol–water partition coefficient (Wildman–Crippen LogP) is 1.55. The average Bonchev–Trinajstić information content (AvgIpc) is 3.24. The number of imidazole rings is 2. The summed E-state index contributed by atoms with van der Waals surface area (Å²) in [5, 5.41) is 9.34. The molecule has 1 aliphatic rings. The van der Waals surface area contributed by atoms with Gasteiger partial charge >= 0.3 is 11.7 Å². The Morgan fingerprint density at radius 2 is 1.97 bits per heavy atom. The number of piperidine rings is 1. The molecule has 1 aliphatic heterocycles. The van der Waals surface area contributed by atoms with Crippen LogP contribution in [0.2, 0.25) is 0 Å². The van der Waals surface area contributed by atoms with Gasteiger partial charge < -0.3 is 19.6 Å². The Bertz CT molecular complexity index is 1290. The molecule has 0 amide bonds. The zero-order chi connectivity index (χ0) is 20.1. The molecule has 3 aromatic heterocycles. The Morgan fingerprint density at radius 1 is 1.21 bits per heavy atom. The number of para-hydroxylation sites is 2. The number of nitrogens with zero attached hydrogens (tertiary/aromatic N) is 6. The van der Waals surface area contributed by atoms with Gasteiger partial charge in [0, 0.05) is 26.2 Å². The molecule has 10 nitrogen and oxygen atoms in total. The number of carbonyl (C=O) groups is 1. The zero-order valence-corrected chi connectivity index (χ0v) is 15.7. The number of carboxylic acids is 1. The number of aromatic carboxylic acids is 1. The van der Waals surface area contributed by atoms with Crippen LogP contribution >= 0.6 is 0 Å². The van der Waals surface area contributed by atoms with E-state index >= 15 is 0 Å². The van der Waals surface area contributed by atoms with Gasteiger partial charge in [0.15, 0.2) is 17.0 Å². The Morgan fingerprint density at radius 3 is 2.72 bits per heavy atom. The number of rotatable bonds is 3. The molecule has 1 aromatic carbocycles. The summed E-state index contributed by atoms with van der Waals surface area (Å²) in [5.41, 5.74) is 2.63. The first-order chi connectivity index (χ1) is 14.0. The summed E-state index contributed by atoms with van der Waals surface area (Å²) in [6.07, 6.45) is 2.97. The summed E-state index contributed by atoms with van der Waals surface area (Å²) in [7, 11) is 1.63. The van der Waals surface area contributed by atoms with E-state index < -0.39 is 5.97 Å². The molecule has 29 heavy (non-hydrogen) atoms. The third-order valence-corrected chi connectivity index (χ3v) is 5.58. The highest BCUT2D eigenvalue weighted by Crippen LogP contribution is 2.30. The van der Waals surface area contributed by atoms with Crippen molar-refractivity contribution in [2.75, 3.05) is 18.0 Å². The molecule has 4 aromatic rings. The lowest BCUT2D eigenvalue weighted by Gasteiger charge is -2.33. The summed E-state index contributed by atoms with van der Waals surface area (Å²) in [4.78, 5) is 41.7. The molecule has 5 rings (SSSR count). The maximum absolute atomic E-state index is 12.5. The molecule has 10 heteroatoms. The Kier molecular flexibility index (Phi) is 3.86. The third kappa shape index (κ3) is 2.67. The van der Waals surface area contributed by atoms with Gasteiger partial charge in [0.2, 0.25) is 5.82 Å². The van der Waals surface area contributed by atoms with Crippen LogP contribution in [0, 0.1) is 0 Å². The number of hydrogen-bond acceptors (Lipinski definition) is 6. The van der Waals surface area contributed by atoms with Crippen LogP contribution in [0.25, 0.3) is 22.2 Å². The van der Waals surface area contributed by atoms with Crippen LogP contribution in [0.1, 0.15) is 29.5 Å². The lowest BCUT2D eigenvalue weighted by molar-refractivity contribution is 0.0680. The van der Waals surface area contributed by atoms with Crippen molar-refractivity contribution in [3.05, 3.63) is 46.9 Å². The normalized spacial score (nSPS) is 15.4. The molecule has 1 saturated heterocycles. The maximum Gasteiger partial charge on any atom is 0.372 e. The van der Waals surface area contributed by atoms with Crippen LogP contribution in [0.4, 0.5) is 5.82 Å². The number of carboxylic acid groups (broad SMARTS) is 1. The van der Waals surface area contributed by atoms with Gasteiger partial charge in [-0.3, -0.25) is 4.57 Å². The summed E-state index contributed by atoms with van der Waals surface area (Å²) in [5.74, 6) is -0.543. The first-order valence-electron chi connectivity index (χ1n) is 9.39. The lowest BCUT2D eigenvalue weighted by Crippen LogP contribution is -2.37. The average molecular weight is 393 g/mol. The maximum atomic E-state index is 12.5. The number of anilines is 1. The molecular weight excluding hydrogens is 374 g/mol. The second kappa shape index (κ2) is 6.43. The first kappa shape index (κ1) is 17.4. The number of hydrogen-bond donors (Lipinski definition) is 2. The van der Waals surface area contributed by atoms with E-state index in [2.05, 4.69) is 24.8 Å². The number of aromatic amines is 1. The summed E-state index contributed by atoms with van der Waals surface area (Å²) in [6, 6.07) is 7.78. The van der Waals surface area contributed by atoms with Crippen molar-refractivity contribution in [3.63, 3.8) is 0 Å². The third-order valence-electron chi connectivity index (χ3n) is 5.58. The van der Waals surface area contributed by atoms with Crippen molar-refractivity contribution in [1.82, 2.24) is 29.1 Å². The standard InChI is InChI=1S/C19H19N7O3/c1-24-15-14(23-17(24)18(27)28)16(21-10-20-15)25-8-6-11(7-9-25)26-13-5-3-2-4-12(13)22-19(26)29/h2-5,10-11H,6-9H2,1H3,(H,22,29)(H,27,28). The van der Waals surface area contributed by atoms with E-state index in [1.807, 2.05) is 28.8 Å². The molecule has 1 fully saturated rings. The zero-order valence-electron chi connectivity index (χ0n) is 15.7. The summed E-state index contributed by atoms with van der Waals surface area (Å²) in [6.45, 7) is 1.36. The summed E-state index contributed by atoms with van der Waals surface area (Å²) >= 11 is 0. The highest BCUT2D eigenvalue weighted by Gasteiger charge is 2.27. The molecule has 0 unspecified atom stereocenters. The second-order valence-corrected chi connectivity index (χ2v) is 7.20. The quantitative estimate of drug-likeness (QED) is 0.541. The van der Waals surface area contributed by atoms with Crippen LogP contribution in [-0.2, 0) is 7.05 Å². The van der Waals surface area contributed by atoms with Crippen molar-refractivity contribution in [3.8, 4) is 0 Å². The van der Waals surface area contributed by atoms with Gasteiger partial charge in [-0.2, -0.15) is 0 Å².